The van der Waals surface area contributed by atoms with E-state index < -0.39 is 65.9 Å². The Balaban J connectivity index is 2.15. The highest BCUT2D eigenvalue weighted by Crippen LogP contribution is 2.66. The van der Waals surface area contributed by atoms with Crippen LogP contribution in [0.5, 0.6) is 0 Å². The van der Waals surface area contributed by atoms with Crippen molar-refractivity contribution in [2.75, 3.05) is 6.61 Å². The SMILES string of the molecule is CC/C=C/c1cn([C@@H]2O[C@H](COP(=O)(O)OP(=O)(O)OP(=O)(O)O)C(O)C2O)c(=O)[nH]c1=O. The number of H-pyrrole nitrogens is 1. The zero-order valence-electron chi connectivity index (χ0n) is 16.6. The highest BCUT2D eigenvalue weighted by molar-refractivity contribution is 7.66. The Morgan fingerprint density at radius 3 is 2.30 bits per heavy atom. The van der Waals surface area contributed by atoms with Crippen molar-refractivity contribution in [3.8, 4) is 0 Å². The fourth-order valence-electron chi connectivity index (χ4n) is 2.62. The van der Waals surface area contributed by atoms with E-state index in [4.69, 9.17) is 19.4 Å². The molecule has 1 aromatic rings. The number of aliphatic hydroxyl groups is 2. The fourth-order valence-corrected chi connectivity index (χ4v) is 5.65. The molecule has 33 heavy (non-hydrogen) atoms. The van der Waals surface area contributed by atoms with Crippen molar-refractivity contribution >= 4 is 29.5 Å². The monoisotopic (exact) mass is 538 g/mol. The third kappa shape index (κ3) is 7.87. The van der Waals surface area contributed by atoms with Crippen molar-refractivity contribution in [3.05, 3.63) is 38.7 Å². The largest absolute Gasteiger partial charge is 0.490 e. The summed E-state index contributed by atoms with van der Waals surface area (Å²) in [5, 5.41) is 20.4. The lowest BCUT2D eigenvalue weighted by atomic mass is 10.1. The number of ether oxygens (including phenoxy) is 1. The number of nitrogens with one attached hydrogen (secondary N) is 1. The van der Waals surface area contributed by atoms with Crippen molar-refractivity contribution in [3.63, 3.8) is 0 Å². The fraction of sp³-hybridized carbons (Fsp3) is 0.538. The van der Waals surface area contributed by atoms with E-state index in [9.17, 15) is 38.4 Å². The maximum atomic E-state index is 12.1. The van der Waals surface area contributed by atoms with E-state index in [-0.39, 0.29) is 5.56 Å². The Hall–Kier alpha value is -1.29. The summed E-state index contributed by atoms with van der Waals surface area (Å²) in [7, 11) is -16.8. The summed E-state index contributed by atoms with van der Waals surface area (Å²) < 4.78 is 51.2. The molecule has 2 heterocycles. The molecule has 1 saturated heterocycles. The second-order valence-electron chi connectivity index (χ2n) is 6.49. The van der Waals surface area contributed by atoms with Crippen LogP contribution in [0.3, 0.4) is 0 Å². The van der Waals surface area contributed by atoms with Gasteiger partial charge in [0.15, 0.2) is 6.23 Å². The molecular weight excluding hydrogens is 517 g/mol. The molecule has 0 spiro atoms. The van der Waals surface area contributed by atoms with Crippen molar-refractivity contribution in [2.45, 2.75) is 37.9 Å². The summed E-state index contributed by atoms with van der Waals surface area (Å²) in [6, 6.07) is 0. The summed E-state index contributed by atoms with van der Waals surface area (Å²) in [6.45, 7) is 0.738. The van der Waals surface area contributed by atoms with Gasteiger partial charge in [0.05, 0.1) is 12.2 Å². The molecular formula is C13H21N2O15P3. The van der Waals surface area contributed by atoms with E-state index in [1.54, 1.807) is 13.0 Å². The minimum atomic E-state index is -5.75. The normalized spacial score (nSPS) is 27.5. The van der Waals surface area contributed by atoms with Crippen LogP contribution in [0.1, 0.15) is 25.1 Å². The number of nitrogens with zero attached hydrogens (tertiary/aromatic N) is 1. The first kappa shape index (κ1) is 28.0. The van der Waals surface area contributed by atoms with E-state index in [1.165, 1.54) is 6.08 Å². The molecule has 0 saturated carbocycles. The van der Waals surface area contributed by atoms with Crippen LogP contribution in [0, 0.1) is 0 Å². The minimum Gasteiger partial charge on any atom is -0.387 e. The molecule has 20 heteroatoms. The van der Waals surface area contributed by atoms with Crippen LogP contribution in [0.4, 0.5) is 0 Å². The molecule has 0 aromatic carbocycles. The average molecular weight is 538 g/mol. The molecule has 1 fully saturated rings. The van der Waals surface area contributed by atoms with Crippen molar-refractivity contribution in [2.24, 2.45) is 0 Å². The van der Waals surface area contributed by atoms with Gasteiger partial charge < -0.3 is 34.5 Å². The lowest BCUT2D eigenvalue weighted by molar-refractivity contribution is -0.0542. The molecule has 1 aliphatic heterocycles. The molecule has 1 aliphatic rings. The van der Waals surface area contributed by atoms with Crippen LogP contribution in [-0.4, -0.2) is 64.3 Å². The molecule has 188 valence electrons. The van der Waals surface area contributed by atoms with Crippen molar-refractivity contribution in [1.82, 2.24) is 9.55 Å². The second kappa shape index (κ2) is 10.5. The van der Waals surface area contributed by atoms with E-state index in [1.807, 2.05) is 4.98 Å². The Kier molecular flexibility index (Phi) is 8.93. The van der Waals surface area contributed by atoms with Gasteiger partial charge in [-0.25, -0.2) is 18.5 Å². The molecule has 7 N–H and O–H groups in total. The van der Waals surface area contributed by atoms with E-state index in [0.717, 1.165) is 10.8 Å². The van der Waals surface area contributed by atoms with E-state index >= 15 is 0 Å². The van der Waals surface area contributed by atoms with Crippen LogP contribution in [0.15, 0.2) is 21.9 Å². The van der Waals surface area contributed by atoms with Crippen LogP contribution in [0.2, 0.25) is 0 Å². The first-order valence-electron chi connectivity index (χ1n) is 8.87. The van der Waals surface area contributed by atoms with Gasteiger partial charge in [0, 0.05) is 6.20 Å². The Morgan fingerprint density at radius 1 is 1.09 bits per heavy atom. The highest BCUT2D eigenvalue weighted by atomic mass is 31.3. The minimum absolute atomic E-state index is 0.0263. The van der Waals surface area contributed by atoms with Gasteiger partial charge in [-0.15, -0.1) is 0 Å². The molecule has 0 radical (unpaired) electrons. The van der Waals surface area contributed by atoms with Gasteiger partial charge in [-0.1, -0.05) is 19.1 Å². The quantitative estimate of drug-likeness (QED) is 0.175. The highest BCUT2D eigenvalue weighted by Gasteiger charge is 2.46. The summed E-state index contributed by atoms with van der Waals surface area (Å²) >= 11 is 0. The van der Waals surface area contributed by atoms with Crippen molar-refractivity contribution < 1.29 is 61.4 Å². The predicted molar refractivity (Wildman–Crippen MR) is 106 cm³/mol. The Morgan fingerprint density at radius 2 is 1.73 bits per heavy atom. The number of aromatic amines is 1. The first-order chi connectivity index (χ1) is 15.1. The number of phosphoric ester groups is 1. The molecule has 0 aliphatic carbocycles. The van der Waals surface area contributed by atoms with Gasteiger partial charge in [-0.3, -0.25) is 18.9 Å². The van der Waals surface area contributed by atoms with Gasteiger partial charge in [0.1, 0.15) is 18.3 Å². The standard InChI is InChI=1S/C13H21N2O15P3/c1-2-3-4-7-5-15(13(19)14-11(7)18)12-10(17)9(16)8(28-12)6-27-32(23,24)30-33(25,26)29-31(20,21)22/h3-5,8-10,12,16-17H,2,6H2,1H3,(H,23,24)(H,25,26)(H,14,18,19)(H2,20,21,22)/b4-3+/t8-,9?,10?,12-/m1/s1. The summed E-state index contributed by atoms with van der Waals surface area (Å²) in [4.78, 5) is 61.6. The van der Waals surface area contributed by atoms with Crippen LogP contribution in [0.25, 0.3) is 6.08 Å². The van der Waals surface area contributed by atoms with Crippen molar-refractivity contribution in [1.29, 1.82) is 0 Å². The maximum Gasteiger partial charge on any atom is 0.490 e. The smallest absolute Gasteiger partial charge is 0.387 e. The zero-order chi connectivity index (χ0) is 25.2. The summed E-state index contributed by atoms with van der Waals surface area (Å²) in [5.74, 6) is 0. The average Bonchev–Trinajstić information content (AvgIpc) is 2.91. The van der Waals surface area contributed by atoms with Crippen LogP contribution < -0.4 is 11.2 Å². The van der Waals surface area contributed by atoms with Gasteiger partial charge in [0.2, 0.25) is 0 Å². The number of hydrogen-bond donors (Lipinski definition) is 7. The first-order valence-corrected chi connectivity index (χ1v) is 13.4. The number of aromatic nitrogens is 2. The second-order valence-corrected chi connectivity index (χ2v) is 10.9. The predicted octanol–water partition coefficient (Wildman–Crippen LogP) is -1.08. The maximum absolute atomic E-state index is 12.1. The van der Waals surface area contributed by atoms with Gasteiger partial charge >= 0.3 is 29.2 Å². The Labute approximate surface area is 184 Å². The number of phosphoric acid groups is 3. The Bertz CT molecular complexity index is 1140. The summed E-state index contributed by atoms with van der Waals surface area (Å²) in [6.07, 6.45) is -2.12. The third-order valence-electron chi connectivity index (χ3n) is 3.96. The lowest BCUT2D eigenvalue weighted by Gasteiger charge is -2.19. The third-order valence-corrected chi connectivity index (χ3v) is 7.76. The zero-order valence-corrected chi connectivity index (χ0v) is 19.3. The van der Waals surface area contributed by atoms with Crippen LogP contribution in [-0.2, 0) is 31.6 Å². The van der Waals surface area contributed by atoms with Gasteiger partial charge in [-0.2, -0.15) is 8.62 Å². The number of aliphatic hydroxyl groups excluding tert-OH is 2. The summed E-state index contributed by atoms with van der Waals surface area (Å²) in [5.41, 5.74) is -1.70. The van der Waals surface area contributed by atoms with E-state index in [2.05, 4.69) is 13.1 Å². The molecule has 0 amide bonds. The molecule has 2 rings (SSSR count). The molecule has 4 unspecified atom stereocenters. The number of allylic oxidation sites excluding steroid dienone is 1. The lowest BCUT2D eigenvalue weighted by Crippen LogP contribution is -2.38. The van der Waals surface area contributed by atoms with Gasteiger partial charge in [-0.05, 0) is 6.42 Å². The molecule has 17 nitrogen and oxygen atoms in total. The van der Waals surface area contributed by atoms with Gasteiger partial charge in [0.25, 0.3) is 5.56 Å². The van der Waals surface area contributed by atoms with Crippen LogP contribution >= 0.6 is 23.5 Å². The number of rotatable bonds is 10. The molecule has 0 bridgehead atoms. The topological polar surface area (TPSA) is 264 Å². The molecule has 1 aromatic heterocycles. The van der Waals surface area contributed by atoms with E-state index in [0.29, 0.717) is 6.42 Å². The number of hydrogen-bond acceptors (Lipinski definition) is 11. The molecule has 6 atom stereocenters.